The van der Waals surface area contributed by atoms with Gasteiger partial charge in [0.2, 0.25) is 0 Å². The van der Waals surface area contributed by atoms with Crippen LogP contribution < -0.4 is 5.32 Å². The van der Waals surface area contributed by atoms with Gasteiger partial charge in [0.05, 0.1) is 17.4 Å². The molecule has 2 aromatic heterocycles. The second kappa shape index (κ2) is 6.48. The van der Waals surface area contributed by atoms with E-state index in [0.29, 0.717) is 12.2 Å². The molecule has 1 fully saturated rings. The summed E-state index contributed by atoms with van der Waals surface area (Å²) in [5, 5.41) is 2.97. The number of aromatic nitrogens is 4. The third kappa shape index (κ3) is 2.92. The molecule has 7 nitrogen and oxygen atoms in total. The SMILES string of the molecule is O=C(Nc1cccc2nsnc12)N1CCC[C@@H](c2ccncn2)C1. The molecule has 1 aliphatic heterocycles. The number of urea groups is 1. The van der Waals surface area contributed by atoms with Gasteiger partial charge >= 0.3 is 6.03 Å². The number of hydrogen-bond acceptors (Lipinski definition) is 6. The third-order valence-electron chi connectivity index (χ3n) is 4.26. The average molecular weight is 340 g/mol. The molecular formula is C16H16N6OS. The second-order valence-corrected chi connectivity index (χ2v) is 6.32. The van der Waals surface area contributed by atoms with Crippen molar-refractivity contribution in [3.05, 3.63) is 42.5 Å². The Balaban J connectivity index is 1.49. The molecular weight excluding hydrogens is 324 g/mol. The monoisotopic (exact) mass is 340 g/mol. The molecule has 122 valence electrons. The predicted molar refractivity (Wildman–Crippen MR) is 92.0 cm³/mol. The molecule has 4 rings (SSSR count). The summed E-state index contributed by atoms with van der Waals surface area (Å²) in [6, 6.07) is 7.44. The Kier molecular flexibility index (Phi) is 4.04. The van der Waals surface area contributed by atoms with Gasteiger partial charge in [0.25, 0.3) is 0 Å². The first kappa shape index (κ1) is 14.9. The Morgan fingerprint density at radius 1 is 1.29 bits per heavy atom. The summed E-state index contributed by atoms with van der Waals surface area (Å²) in [6.07, 6.45) is 5.30. The van der Waals surface area contributed by atoms with E-state index in [1.807, 2.05) is 29.2 Å². The van der Waals surface area contributed by atoms with Crippen molar-refractivity contribution < 1.29 is 4.79 Å². The number of amides is 2. The Morgan fingerprint density at radius 2 is 2.25 bits per heavy atom. The quantitative estimate of drug-likeness (QED) is 0.775. The van der Waals surface area contributed by atoms with Gasteiger partial charge in [-0.3, -0.25) is 0 Å². The number of piperidine rings is 1. The zero-order chi connectivity index (χ0) is 16.4. The number of carbonyl (C=O) groups is 1. The number of fused-ring (bicyclic) bond motifs is 1. The smallest absolute Gasteiger partial charge is 0.321 e. The number of carbonyl (C=O) groups excluding carboxylic acids is 1. The predicted octanol–water partition coefficient (Wildman–Crippen LogP) is 2.89. The highest BCUT2D eigenvalue weighted by atomic mass is 32.1. The minimum absolute atomic E-state index is 0.103. The van der Waals surface area contributed by atoms with Crippen molar-refractivity contribution in [1.82, 2.24) is 23.6 Å². The molecule has 3 aromatic rings. The molecule has 1 saturated heterocycles. The molecule has 0 unspecified atom stereocenters. The van der Waals surface area contributed by atoms with E-state index in [9.17, 15) is 4.79 Å². The summed E-state index contributed by atoms with van der Waals surface area (Å²) in [4.78, 5) is 22.8. The molecule has 0 aliphatic carbocycles. The van der Waals surface area contributed by atoms with Crippen LogP contribution in [0.1, 0.15) is 24.5 Å². The summed E-state index contributed by atoms with van der Waals surface area (Å²) in [5.74, 6) is 0.254. The van der Waals surface area contributed by atoms with Gasteiger partial charge in [0.1, 0.15) is 17.4 Å². The van der Waals surface area contributed by atoms with Crippen molar-refractivity contribution in [3.8, 4) is 0 Å². The number of rotatable bonds is 2. The van der Waals surface area contributed by atoms with E-state index in [0.717, 1.165) is 47.8 Å². The lowest BCUT2D eigenvalue weighted by Crippen LogP contribution is -2.41. The third-order valence-corrected chi connectivity index (χ3v) is 4.80. The zero-order valence-electron chi connectivity index (χ0n) is 12.9. The maximum atomic E-state index is 12.6. The summed E-state index contributed by atoms with van der Waals surface area (Å²) in [5.41, 5.74) is 3.24. The first-order valence-electron chi connectivity index (χ1n) is 7.84. The van der Waals surface area contributed by atoms with Crippen LogP contribution in [0.15, 0.2) is 36.8 Å². The average Bonchev–Trinajstić information content (AvgIpc) is 3.12. The van der Waals surface area contributed by atoms with Crippen molar-refractivity contribution in [1.29, 1.82) is 0 Å². The topological polar surface area (TPSA) is 83.9 Å². The molecule has 1 aromatic carbocycles. The van der Waals surface area contributed by atoms with Crippen molar-refractivity contribution in [2.75, 3.05) is 18.4 Å². The van der Waals surface area contributed by atoms with Gasteiger partial charge in [-0.05, 0) is 31.0 Å². The van der Waals surface area contributed by atoms with Crippen LogP contribution in [0.4, 0.5) is 10.5 Å². The minimum Gasteiger partial charge on any atom is -0.324 e. The molecule has 3 heterocycles. The lowest BCUT2D eigenvalue weighted by atomic mass is 9.95. The molecule has 0 radical (unpaired) electrons. The van der Waals surface area contributed by atoms with Crippen molar-refractivity contribution in [3.63, 3.8) is 0 Å². The van der Waals surface area contributed by atoms with Crippen molar-refractivity contribution in [2.24, 2.45) is 0 Å². The van der Waals surface area contributed by atoms with E-state index >= 15 is 0 Å². The van der Waals surface area contributed by atoms with Crippen LogP contribution in [-0.2, 0) is 0 Å². The largest absolute Gasteiger partial charge is 0.324 e. The lowest BCUT2D eigenvalue weighted by Gasteiger charge is -2.32. The van der Waals surface area contributed by atoms with Crippen LogP contribution in [0.3, 0.4) is 0 Å². The first-order chi connectivity index (χ1) is 11.8. The Hall–Kier alpha value is -2.61. The van der Waals surface area contributed by atoms with Gasteiger partial charge in [-0.1, -0.05) is 6.07 Å². The van der Waals surface area contributed by atoms with Crippen LogP contribution >= 0.6 is 11.7 Å². The molecule has 1 N–H and O–H groups in total. The lowest BCUT2D eigenvalue weighted by molar-refractivity contribution is 0.192. The maximum Gasteiger partial charge on any atom is 0.321 e. The summed E-state index contributed by atoms with van der Waals surface area (Å²) >= 11 is 1.15. The standard InChI is InChI=1S/C16H16N6OS/c23-16(19-13-4-1-5-14-15(13)21-24-20-14)22-8-2-3-11(9-22)12-6-7-17-10-18-12/h1,4-7,10-11H,2-3,8-9H2,(H,19,23)/t11-/m1/s1. The number of anilines is 1. The molecule has 1 atom stereocenters. The Morgan fingerprint density at radius 3 is 3.12 bits per heavy atom. The van der Waals surface area contributed by atoms with Crippen LogP contribution in [0.5, 0.6) is 0 Å². The fraction of sp³-hybridized carbons (Fsp3) is 0.312. The van der Waals surface area contributed by atoms with E-state index in [4.69, 9.17) is 0 Å². The van der Waals surface area contributed by atoms with Gasteiger partial charge in [0, 0.05) is 30.9 Å². The van der Waals surface area contributed by atoms with E-state index in [-0.39, 0.29) is 11.9 Å². The summed E-state index contributed by atoms with van der Waals surface area (Å²) < 4.78 is 8.46. The van der Waals surface area contributed by atoms with Gasteiger partial charge in [0.15, 0.2) is 0 Å². The maximum absolute atomic E-state index is 12.6. The highest BCUT2D eigenvalue weighted by Crippen LogP contribution is 2.26. The molecule has 24 heavy (non-hydrogen) atoms. The van der Waals surface area contributed by atoms with Crippen molar-refractivity contribution >= 4 is 34.5 Å². The van der Waals surface area contributed by atoms with E-state index in [1.54, 1.807) is 12.5 Å². The summed E-state index contributed by atoms with van der Waals surface area (Å²) in [6.45, 7) is 1.41. The fourth-order valence-corrected chi connectivity index (χ4v) is 3.60. The highest BCUT2D eigenvalue weighted by molar-refractivity contribution is 7.00. The first-order valence-corrected chi connectivity index (χ1v) is 8.57. The van der Waals surface area contributed by atoms with Gasteiger partial charge in [-0.25, -0.2) is 14.8 Å². The van der Waals surface area contributed by atoms with Gasteiger partial charge in [-0.15, -0.1) is 0 Å². The van der Waals surface area contributed by atoms with Crippen LogP contribution in [0.2, 0.25) is 0 Å². The molecule has 1 aliphatic rings. The number of benzene rings is 1. The van der Waals surface area contributed by atoms with Crippen molar-refractivity contribution in [2.45, 2.75) is 18.8 Å². The number of nitrogens with zero attached hydrogens (tertiary/aromatic N) is 5. The molecule has 8 heteroatoms. The van der Waals surface area contributed by atoms with E-state index < -0.39 is 0 Å². The minimum atomic E-state index is -0.103. The highest BCUT2D eigenvalue weighted by Gasteiger charge is 2.26. The molecule has 0 bridgehead atoms. The van der Waals surface area contributed by atoms with Gasteiger partial charge < -0.3 is 10.2 Å². The Labute approximate surface area is 143 Å². The number of likely N-dealkylation sites (tertiary alicyclic amines) is 1. The summed E-state index contributed by atoms with van der Waals surface area (Å²) in [7, 11) is 0. The van der Waals surface area contributed by atoms with Crippen LogP contribution in [-0.4, -0.2) is 42.7 Å². The van der Waals surface area contributed by atoms with E-state index in [2.05, 4.69) is 24.0 Å². The number of nitrogens with one attached hydrogen (secondary N) is 1. The molecule has 2 amide bonds. The second-order valence-electron chi connectivity index (χ2n) is 5.79. The normalized spacial score (nSPS) is 17.8. The fourth-order valence-electron chi connectivity index (χ4n) is 3.05. The van der Waals surface area contributed by atoms with Gasteiger partial charge in [-0.2, -0.15) is 8.75 Å². The molecule has 0 saturated carbocycles. The Bertz CT molecular complexity index is 852. The number of hydrogen-bond donors (Lipinski definition) is 1. The van der Waals surface area contributed by atoms with Crippen LogP contribution in [0.25, 0.3) is 11.0 Å². The molecule has 0 spiro atoms. The zero-order valence-corrected chi connectivity index (χ0v) is 13.7. The van der Waals surface area contributed by atoms with Crippen LogP contribution in [0, 0.1) is 0 Å². The van der Waals surface area contributed by atoms with E-state index in [1.165, 1.54) is 0 Å².